The van der Waals surface area contributed by atoms with Gasteiger partial charge < -0.3 is 34.3 Å². The zero-order chi connectivity index (χ0) is 51.5. The molecule has 0 aliphatic carbocycles. The van der Waals surface area contributed by atoms with E-state index in [9.17, 15) is 53.9 Å². The average molecular weight is 1020 g/mol. The zero-order valence-electron chi connectivity index (χ0n) is 40.6. The molecule has 380 valence electrons. The van der Waals surface area contributed by atoms with Crippen LogP contribution < -0.4 is 14.6 Å². The van der Waals surface area contributed by atoms with Crippen molar-refractivity contribution in [3.63, 3.8) is 0 Å². The second-order valence-corrected chi connectivity index (χ2v) is 24.2. The minimum atomic E-state index is -4.66. The van der Waals surface area contributed by atoms with E-state index in [0.29, 0.717) is 78.1 Å². The van der Waals surface area contributed by atoms with E-state index in [4.69, 9.17) is 14.3 Å². The van der Waals surface area contributed by atoms with E-state index in [1.165, 1.54) is 36.4 Å². The van der Waals surface area contributed by atoms with Crippen LogP contribution in [0.4, 0.5) is 11.4 Å². The fraction of sp³-hybridized carbons (Fsp3) is 0.542. The molecule has 2 aromatic carbocycles. The van der Waals surface area contributed by atoms with Gasteiger partial charge in [-0.15, -0.1) is 4.73 Å². The molecule has 2 aliphatic heterocycles. The van der Waals surface area contributed by atoms with Crippen molar-refractivity contribution in [1.29, 1.82) is 0 Å². The Hall–Kier alpha value is -4.79. The molecule has 0 radical (unpaired) electrons. The first-order valence-electron chi connectivity index (χ1n) is 22.6. The summed E-state index contributed by atoms with van der Waals surface area (Å²) in [6.45, 7) is 16.5. The number of carbonyl (C=O) groups is 1. The van der Waals surface area contributed by atoms with Crippen molar-refractivity contribution >= 4 is 47.7 Å². The number of fused-ring (bicyclic) bond motifs is 2. The molecular weight excluding hydrogens is 955 g/mol. The number of aromatic hydroxyl groups is 2. The Balaban J connectivity index is 1.62. The topological polar surface area (TPSA) is 260 Å². The Labute approximate surface area is 406 Å². The summed E-state index contributed by atoms with van der Waals surface area (Å²) in [5.74, 6) is -2.10. The van der Waals surface area contributed by atoms with Gasteiger partial charge in [0.2, 0.25) is 11.8 Å². The molecule has 0 amide bonds. The largest absolute Gasteiger partial charge is 0.492 e. The minimum Gasteiger partial charge on any atom is -0.492 e. The number of ether oxygens (including phenoxy) is 2. The number of nitrogens with zero attached hydrogens (tertiary/aromatic N) is 3. The summed E-state index contributed by atoms with van der Waals surface area (Å²) in [5, 5.41) is 19.7. The van der Waals surface area contributed by atoms with Crippen molar-refractivity contribution < 1.29 is 68.2 Å². The molecule has 3 aromatic rings. The summed E-state index contributed by atoms with van der Waals surface area (Å²) in [6.07, 6.45) is 7.88. The molecule has 0 fully saturated rings. The van der Waals surface area contributed by atoms with Crippen molar-refractivity contribution in [2.75, 3.05) is 42.4 Å². The van der Waals surface area contributed by atoms with Gasteiger partial charge >= 0.3 is 5.97 Å². The first-order chi connectivity index (χ1) is 31.8. The van der Waals surface area contributed by atoms with E-state index in [1.807, 2.05) is 66.4 Å². The van der Waals surface area contributed by atoms with E-state index < -0.39 is 81.8 Å². The van der Waals surface area contributed by atoms with Gasteiger partial charge in [0.05, 0.1) is 27.2 Å². The molecule has 5 rings (SSSR count). The third kappa shape index (κ3) is 13.1. The van der Waals surface area contributed by atoms with Gasteiger partial charge in [0.15, 0.2) is 6.04 Å². The summed E-state index contributed by atoms with van der Waals surface area (Å²) in [5.41, 5.74) is 4.03. The van der Waals surface area contributed by atoms with Crippen LogP contribution in [0, 0.1) is 6.08 Å². The van der Waals surface area contributed by atoms with Gasteiger partial charge in [-0.2, -0.15) is 25.3 Å². The number of carbonyl (C=O) groups excluding carboxylic acids is 1. The van der Waals surface area contributed by atoms with Crippen LogP contribution >= 0.6 is 0 Å². The number of benzene rings is 2. The molecule has 18 nitrogen and oxygen atoms in total. The molecule has 0 bridgehead atoms. The van der Waals surface area contributed by atoms with E-state index in [2.05, 4.69) is 16.7 Å². The van der Waals surface area contributed by atoms with Gasteiger partial charge in [0.1, 0.15) is 17.4 Å². The Morgan fingerprint density at radius 1 is 0.812 bits per heavy atom. The minimum absolute atomic E-state index is 0.00464. The number of allylic oxidation sites excluding steroid dienone is 2. The lowest BCUT2D eigenvalue weighted by Crippen LogP contribution is -2.53. The summed E-state index contributed by atoms with van der Waals surface area (Å²) in [4.78, 5) is 21.2. The normalized spacial score (nSPS) is 20.2. The van der Waals surface area contributed by atoms with Gasteiger partial charge in [-0.25, -0.2) is 4.79 Å². The zero-order valence-corrected chi connectivity index (χ0v) is 43.1. The number of anilines is 2. The monoisotopic (exact) mass is 1020 g/mol. The Morgan fingerprint density at radius 2 is 1.41 bits per heavy atom. The molecule has 0 saturated carbocycles. The number of hydrogen-bond donors (Lipinski definition) is 5. The van der Waals surface area contributed by atoms with Crippen molar-refractivity contribution in [3.05, 3.63) is 88.8 Å². The highest BCUT2D eigenvalue weighted by molar-refractivity contribution is 7.86. The quantitative estimate of drug-likeness (QED) is 0.0286. The molecule has 0 saturated heterocycles. The summed E-state index contributed by atoms with van der Waals surface area (Å²) in [6, 6.07) is 10.4. The molecule has 3 unspecified atom stereocenters. The molecule has 21 heteroatoms. The number of rotatable bonds is 22. The molecular formula is C48H66N3O15S3+. The van der Waals surface area contributed by atoms with Crippen LogP contribution in [0.5, 0.6) is 11.8 Å². The lowest BCUT2D eigenvalue weighted by Gasteiger charge is -2.41. The number of aromatic nitrogens is 1. The molecule has 3 atom stereocenters. The van der Waals surface area contributed by atoms with Crippen LogP contribution in [0.25, 0.3) is 0 Å². The second kappa shape index (κ2) is 20.9. The van der Waals surface area contributed by atoms with Gasteiger partial charge in [-0.05, 0) is 128 Å². The van der Waals surface area contributed by atoms with Crippen LogP contribution in [-0.4, -0.2) is 110 Å². The maximum atomic E-state index is 12.6. The summed E-state index contributed by atoms with van der Waals surface area (Å²) >= 11 is 0. The molecule has 2 aliphatic rings. The first-order valence-corrected chi connectivity index (χ1v) is 27.1. The predicted molar refractivity (Wildman–Crippen MR) is 259 cm³/mol. The van der Waals surface area contributed by atoms with Crippen LogP contribution in [0.1, 0.15) is 118 Å². The number of hydrogen-bond acceptors (Lipinski definition) is 14. The number of methoxy groups -OCH3 is 1. The van der Waals surface area contributed by atoms with E-state index in [1.54, 1.807) is 19.2 Å². The van der Waals surface area contributed by atoms with Crippen LogP contribution in [0.15, 0.2) is 81.4 Å². The van der Waals surface area contributed by atoms with Gasteiger partial charge in [0.25, 0.3) is 30.4 Å². The molecule has 1 aromatic heterocycles. The van der Waals surface area contributed by atoms with Crippen LogP contribution in [-0.2, 0) is 55.5 Å². The van der Waals surface area contributed by atoms with E-state index in [-0.39, 0.29) is 35.7 Å². The van der Waals surface area contributed by atoms with Crippen LogP contribution in [0.3, 0.4) is 0 Å². The maximum absolute atomic E-state index is 12.6. The molecule has 0 spiro atoms. The van der Waals surface area contributed by atoms with Gasteiger partial charge in [-0.1, -0.05) is 13.3 Å². The highest BCUT2D eigenvalue weighted by atomic mass is 32.2. The van der Waals surface area contributed by atoms with Crippen molar-refractivity contribution in [1.82, 2.24) is 4.73 Å². The first kappa shape index (κ1) is 55.1. The van der Waals surface area contributed by atoms with Crippen molar-refractivity contribution in [2.24, 2.45) is 0 Å². The van der Waals surface area contributed by atoms with Crippen molar-refractivity contribution in [2.45, 2.75) is 145 Å². The lowest BCUT2D eigenvalue weighted by atomic mass is 9.74. The highest BCUT2D eigenvalue weighted by Gasteiger charge is 2.55. The SMILES string of the molecule is COCCC1(C)/C(=C\C(C)=C=[C+]C2N(C(C)(C)CCOC(C)(C)C)c3ccc(S(=O)(=O)O)cc3C2(C)CCCS(=O)(=O)O)N(CCCCCC(=O)On2c(O)ccc2O)c2ccc(S(=O)(=O)O)cc21. The third-order valence-corrected chi connectivity index (χ3v) is 15.3. The fourth-order valence-electron chi connectivity index (χ4n) is 9.18. The van der Waals surface area contributed by atoms with Crippen molar-refractivity contribution in [3.8, 4) is 11.8 Å². The third-order valence-electron chi connectivity index (χ3n) is 12.8. The van der Waals surface area contributed by atoms with E-state index >= 15 is 0 Å². The Bertz CT molecular complexity index is 2800. The second-order valence-electron chi connectivity index (χ2n) is 19.7. The van der Waals surface area contributed by atoms with Crippen LogP contribution in [0.2, 0.25) is 0 Å². The fourth-order valence-corrected chi connectivity index (χ4v) is 10.7. The smallest absolute Gasteiger partial charge is 0.333 e. The molecule has 69 heavy (non-hydrogen) atoms. The Kier molecular flexibility index (Phi) is 16.7. The number of unbranched alkanes of at least 4 members (excludes halogenated alkanes) is 2. The summed E-state index contributed by atoms with van der Waals surface area (Å²) < 4.78 is 116. The highest BCUT2D eigenvalue weighted by Crippen LogP contribution is 2.53. The maximum Gasteiger partial charge on any atom is 0.333 e. The molecule has 3 heterocycles. The van der Waals surface area contributed by atoms with Gasteiger partial charge in [0, 0.05) is 85.8 Å². The van der Waals surface area contributed by atoms with Gasteiger partial charge in [-0.3, -0.25) is 13.7 Å². The standard InChI is InChI=1S/C48H65N3O15S3/c1-33(15-20-40-47(7,23-13-29-67(55,56)57)37-32-35(69(61,62)63)17-19-39(37)50(40)46(5,6)24-28-65-45(2,3)4)30-41-48(8,25-27-64-9)36-31-34(68(58,59)60)16-18-38(36)49(41)26-12-10-11-14-44(54)66-51-42(52)21-22-43(51)53/h16-19,21-22,30-32,40H,10-14,23-29H2,1-9H3,(H4-,52,53,55,56,57,58,59,60,61,62,63)/p+1/b41-30+. The Morgan fingerprint density at radius 3 is 1.97 bits per heavy atom. The lowest BCUT2D eigenvalue weighted by molar-refractivity contribution is -0.145. The predicted octanol–water partition coefficient (Wildman–Crippen LogP) is 7.31. The van der Waals surface area contributed by atoms with E-state index in [0.717, 1.165) is 5.70 Å². The summed E-state index contributed by atoms with van der Waals surface area (Å²) in [7, 11) is -12.1. The molecule has 5 N–H and O–H groups in total. The average Bonchev–Trinajstić information content (AvgIpc) is 3.76.